The van der Waals surface area contributed by atoms with E-state index in [1.54, 1.807) is 0 Å². The molecule has 2 rings (SSSR count). The van der Waals surface area contributed by atoms with Crippen molar-refractivity contribution in [3.05, 3.63) is 46.8 Å². The smallest absolute Gasteiger partial charge is 0.366 e. The summed E-state index contributed by atoms with van der Waals surface area (Å²) in [5.74, 6) is -0.566. The van der Waals surface area contributed by atoms with Crippen molar-refractivity contribution in [2.24, 2.45) is 5.73 Å². The second-order valence-corrected chi connectivity index (χ2v) is 6.44. The summed E-state index contributed by atoms with van der Waals surface area (Å²) in [5, 5.41) is 0. The van der Waals surface area contributed by atoms with Crippen LogP contribution < -0.4 is 5.73 Å². The van der Waals surface area contributed by atoms with Crippen LogP contribution in [0.25, 0.3) is 11.1 Å². The minimum absolute atomic E-state index is 0.114. The summed E-state index contributed by atoms with van der Waals surface area (Å²) in [5.41, 5.74) is 8.18. The van der Waals surface area contributed by atoms with E-state index in [0.717, 1.165) is 29.9 Å². The van der Waals surface area contributed by atoms with Crippen molar-refractivity contribution >= 4 is 5.91 Å². The highest BCUT2D eigenvalue weighted by atomic mass is 19.4. The van der Waals surface area contributed by atoms with E-state index < -0.39 is 17.6 Å². The lowest BCUT2D eigenvalue weighted by atomic mass is 9.97. The molecule has 1 aromatic carbocycles. The molecule has 0 saturated heterocycles. The van der Waals surface area contributed by atoms with Crippen LogP contribution in [0.2, 0.25) is 0 Å². The maximum Gasteiger partial charge on any atom is 0.416 e. The highest BCUT2D eigenvalue weighted by molar-refractivity contribution is 6.02. The molecule has 0 aliphatic heterocycles. The van der Waals surface area contributed by atoms with Crippen molar-refractivity contribution in [1.29, 1.82) is 0 Å². The molecule has 1 amide bonds. The van der Waals surface area contributed by atoms with Crippen molar-refractivity contribution in [1.82, 2.24) is 4.57 Å². The van der Waals surface area contributed by atoms with Gasteiger partial charge in [-0.1, -0.05) is 25.5 Å². The molecule has 1 aromatic heterocycles. The molecule has 0 aliphatic carbocycles. The van der Waals surface area contributed by atoms with Crippen LogP contribution >= 0.6 is 0 Å². The van der Waals surface area contributed by atoms with Gasteiger partial charge in [-0.15, -0.1) is 0 Å². The Morgan fingerprint density at radius 3 is 2.16 bits per heavy atom. The summed E-state index contributed by atoms with van der Waals surface area (Å²) in [7, 11) is 0. The van der Waals surface area contributed by atoms with E-state index in [2.05, 4.69) is 4.57 Å². The molecule has 0 aliphatic rings. The molecule has 0 saturated carbocycles. The van der Waals surface area contributed by atoms with Gasteiger partial charge >= 0.3 is 6.18 Å². The second kappa shape index (κ2) is 6.94. The molecule has 0 fully saturated rings. The van der Waals surface area contributed by atoms with E-state index in [-0.39, 0.29) is 6.04 Å². The molecular weight excluding hydrogens is 329 g/mol. The van der Waals surface area contributed by atoms with Gasteiger partial charge in [0.2, 0.25) is 0 Å². The topological polar surface area (TPSA) is 48.0 Å². The normalized spacial score (nSPS) is 12.0. The minimum atomic E-state index is -4.39. The van der Waals surface area contributed by atoms with Crippen LogP contribution in [-0.2, 0) is 12.6 Å². The average Bonchev–Trinajstić information content (AvgIpc) is 2.79. The van der Waals surface area contributed by atoms with E-state index >= 15 is 0 Å². The quantitative estimate of drug-likeness (QED) is 0.798. The Hall–Kier alpha value is -2.24. The van der Waals surface area contributed by atoms with E-state index in [4.69, 9.17) is 5.73 Å². The molecule has 1 heterocycles. The zero-order valence-corrected chi connectivity index (χ0v) is 14.9. The summed E-state index contributed by atoms with van der Waals surface area (Å²) in [6.45, 7) is 7.86. The van der Waals surface area contributed by atoms with Crippen molar-refractivity contribution in [3.8, 4) is 11.1 Å². The zero-order valence-electron chi connectivity index (χ0n) is 14.9. The predicted molar refractivity (Wildman–Crippen MR) is 92.5 cm³/mol. The van der Waals surface area contributed by atoms with Gasteiger partial charge in [0.15, 0.2) is 0 Å². The highest BCUT2D eigenvalue weighted by Gasteiger charge is 2.31. The number of rotatable bonds is 5. The van der Waals surface area contributed by atoms with Gasteiger partial charge in [-0.2, -0.15) is 13.2 Å². The first kappa shape index (κ1) is 19.1. The lowest BCUT2D eigenvalue weighted by molar-refractivity contribution is -0.137. The second-order valence-electron chi connectivity index (χ2n) is 6.44. The highest BCUT2D eigenvalue weighted by Crippen LogP contribution is 2.37. The third-order valence-corrected chi connectivity index (χ3v) is 4.30. The van der Waals surface area contributed by atoms with Gasteiger partial charge in [-0.3, -0.25) is 4.79 Å². The molecule has 0 unspecified atom stereocenters. The number of hydrogen-bond acceptors (Lipinski definition) is 1. The first-order chi connectivity index (χ1) is 11.6. The van der Waals surface area contributed by atoms with E-state index in [1.807, 2.05) is 27.7 Å². The van der Waals surface area contributed by atoms with Crippen LogP contribution in [0, 0.1) is 6.92 Å². The number of benzene rings is 1. The Balaban J connectivity index is 2.74. The summed E-state index contributed by atoms with van der Waals surface area (Å²) in [4.78, 5) is 12.1. The first-order valence-electron chi connectivity index (χ1n) is 8.30. The van der Waals surface area contributed by atoms with Crippen molar-refractivity contribution < 1.29 is 18.0 Å². The number of carbonyl (C=O) groups excluding carboxylic acids is 1. The predicted octanol–water partition coefficient (Wildman–Crippen LogP) is 5.11. The first-order valence-corrected chi connectivity index (χ1v) is 8.30. The maximum absolute atomic E-state index is 12.8. The van der Waals surface area contributed by atoms with Crippen LogP contribution in [0.3, 0.4) is 0 Å². The van der Waals surface area contributed by atoms with Crippen molar-refractivity contribution in [3.63, 3.8) is 0 Å². The Kier molecular flexibility index (Phi) is 5.30. The third kappa shape index (κ3) is 3.57. The number of nitrogens with two attached hydrogens (primary N) is 1. The number of halogens is 3. The molecule has 0 atom stereocenters. The summed E-state index contributed by atoms with van der Waals surface area (Å²) < 4.78 is 40.5. The van der Waals surface area contributed by atoms with Gasteiger partial charge in [0.25, 0.3) is 5.91 Å². The molecule has 2 N–H and O–H groups in total. The lowest BCUT2D eigenvalue weighted by Gasteiger charge is -2.16. The number of alkyl halides is 3. The van der Waals surface area contributed by atoms with Gasteiger partial charge < -0.3 is 10.3 Å². The van der Waals surface area contributed by atoms with Gasteiger partial charge in [-0.25, -0.2) is 0 Å². The summed E-state index contributed by atoms with van der Waals surface area (Å²) in [6, 6.07) is 5.01. The molecular formula is C19H23F3N2O. The van der Waals surface area contributed by atoms with Crippen LogP contribution in [0.1, 0.15) is 60.5 Å². The Morgan fingerprint density at radius 1 is 1.20 bits per heavy atom. The SMILES string of the molecule is CCCc1c(-c2ccc(C(F)(F)F)cc2)c(C(N)=O)c(C)n1C(C)C. The molecule has 6 heteroatoms. The van der Waals surface area contributed by atoms with Crippen molar-refractivity contribution in [2.75, 3.05) is 0 Å². The largest absolute Gasteiger partial charge is 0.416 e. The fourth-order valence-corrected chi connectivity index (χ4v) is 3.39. The molecule has 2 aromatic rings. The summed E-state index contributed by atoms with van der Waals surface area (Å²) >= 11 is 0. The van der Waals surface area contributed by atoms with Gasteiger partial charge in [0.1, 0.15) is 0 Å². The molecule has 0 radical (unpaired) electrons. The Labute approximate surface area is 145 Å². The van der Waals surface area contributed by atoms with E-state index in [0.29, 0.717) is 23.1 Å². The number of nitrogens with zero attached hydrogens (tertiary/aromatic N) is 1. The Bertz CT molecular complexity index is 771. The molecule has 0 spiro atoms. The number of primary amides is 1. The summed E-state index contributed by atoms with van der Waals surface area (Å²) in [6.07, 6.45) is -2.83. The number of carbonyl (C=O) groups is 1. The van der Waals surface area contributed by atoms with Gasteiger partial charge in [0.05, 0.1) is 11.1 Å². The molecule has 25 heavy (non-hydrogen) atoms. The molecule has 136 valence electrons. The van der Waals surface area contributed by atoms with E-state index in [1.165, 1.54) is 12.1 Å². The third-order valence-electron chi connectivity index (χ3n) is 4.30. The number of hydrogen-bond donors (Lipinski definition) is 1. The fourth-order valence-electron chi connectivity index (χ4n) is 3.39. The number of amides is 1. The van der Waals surface area contributed by atoms with Crippen LogP contribution in [0.5, 0.6) is 0 Å². The van der Waals surface area contributed by atoms with Gasteiger partial charge in [0, 0.05) is 23.0 Å². The molecule has 0 bridgehead atoms. The fraction of sp³-hybridized carbons (Fsp3) is 0.421. The maximum atomic E-state index is 12.8. The van der Waals surface area contributed by atoms with Crippen LogP contribution in [-0.4, -0.2) is 10.5 Å². The van der Waals surface area contributed by atoms with Crippen LogP contribution in [0.15, 0.2) is 24.3 Å². The average molecular weight is 352 g/mol. The minimum Gasteiger partial charge on any atom is -0.366 e. The molecule has 3 nitrogen and oxygen atoms in total. The Morgan fingerprint density at radius 2 is 1.76 bits per heavy atom. The van der Waals surface area contributed by atoms with Crippen LogP contribution in [0.4, 0.5) is 13.2 Å². The number of aromatic nitrogens is 1. The van der Waals surface area contributed by atoms with E-state index in [9.17, 15) is 18.0 Å². The lowest BCUT2D eigenvalue weighted by Crippen LogP contribution is -2.14. The van der Waals surface area contributed by atoms with Gasteiger partial charge in [-0.05, 0) is 44.9 Å². The standard InChI is InChI=1S/C19H23F3N2O/c1-5-6-15-17(13-7-9-14(10-8-13)19(20,21)22)16(18(23)25)12(4)24(15)11(2)3/h7-11H,5-6H2,1-4H3,(H2,23,25). The monoisotopic (exact) mass is 352 g/mol. The zero-order chi connectivity index (χ0) is 18.9. The van der Waals surface area contributed by atoms with Crippen molar-refractivity contribution in [2.45, 2.75) is 52.8 Å².